The fraction of sp³-hybridized carbons (Fsp3) is 0.200. The summed E-state index contributed by atoms with van der Waals surface area (Å²) in [6.07, 6.45) is 0. The number of hydrogen-bond acceptors (Lipinski definition) is 3. The minimum atomic E-state index is 0.153. The van der Waals surface area contributed by atoms with Gasteiger partial charge in [0.05, 0.1) is 13.6 Å². The van der Waals surface area contributed by atoms with Gasteiger partial charge in [0.15, 0.2) is 0 Å². The predicted molar refractivity (Wildman–Crippen MR) is 87.7 cm³/mol. The van der Waals surface area contributed by atoms with Crippen molar-refractivity contribution in [3.63, 3.8) is 0 Å². The lowest BCUT2D eigenvalue weighted by atomic mass is 10.1. The van der Waals surface area contributed by atoms with Crippen molar-refractivity contribution in [3.05, 3.63) is 39.0 Å². The molecule has 0 amide bonds. The smallest absolute Gasteiger partial charge is 0.107 e. The van der Waals surface area contributed by atoms with Crippen LogP contribution in [-0.2, 0) is 0 Å². The van der Waals surface area contributed by atoms with E-state index in [4.69, 9.17) is 11.6 Å². The third-order valence-electron chi connectivity index (χ3n) is 2.23. The van der Waals surface area contributed by atoms with E-state index in [0.717, 1.165) is 16.4 Å². The maximum Gasteiger partial charge on any atom is 0.107 e. The number of hydrogen-bond donors (Lipinski definition) is 1. The van der Waals surface area contributed by atoms with Crippen LogP contribution in [-0.4, -0.2) is 7.05 Å². The first-order chi connectivity index (χ1) is 8.02. The summed E-state index contributed by atoms with van der Waals surface area (Å²) in [5, 5.41) is 3.32. The Kier molecular flexibility index (Phi) is 5.14. The van der Waals surface area contributed by atoms with Crippen LogP contribution in [0.3, 0.4) is 0 Å². The monoisotopic (exact) mass is 477 g/mol. The highest BCUT2D eigenvalue weighted by Crippen LogP contribution is 2.42. The number of halogens is 4. The number of thiophene rings is 2. The molecular formula is C10H7Br3ClNS2. The molecule has 1 atom stereocenters. The molecule has 0 fully saturated rings. The Morgan fingerprint density at radius 2 is 1.94 bits per heavy atom. The fourth-order valence-electron chi connectivity index (χ4n) is 1.51. The second-order valence-electron chi connectivity index (χ2n) is 3.27. The van der Waals surface area contributed by atoms with Crippen molar-refractivity contribution in [1.29, 1.82) is 0 Å². The average molecular weight is 480 g/mol. The minimum absolute atomic E-state index is 0.153. The van der Waals surface area contributed by atoms with Gasteiger partial charge in [-0.25, -0.2) is 0 Å². The Bertz CT molecular complexity index is 518. The lowest BCUT2D eigenvalue weighted by molar-refractivity contribution is 0.704. The van der Waals surface area contributed by atoms with E-state index in [0.29, 0.717) is 0 Å². The second kappa shape index (κ2) is 6.03. The summed E-state index contributed by atoms with van der Waals surface area (Å²) < 4.78 is 3.97. The van der Waals surface area contributed by atoms with Gasteiger partial charge >= 0.3 is 0 Å². The predicted octanol–water partition coefficient (Wildman–Crippen LogP) is 6.06. The first-order valence-electron chi connectivity index (χ1n) is 4.59. The third-order valence-corrected chi connectivity index (χ3v) is 7.16. The second-order valence-corrected chi connectivity index (χ2v) is 9.56. The highest BCUT2D eigenvalue weighted by atomic mass is 79.9. The summed E-state index contributed by atoms with van der Waals surface area (Å²) >= 11 is 19.9. The number of nitrogens with one attached hydrogen (secondary N) is 1. The van der Waals surface area contributed by atoms with Gasteiger partial charge in [-0.3, -0.25) is 0 Å². The largest absolute Gasteiger partial charge is 0.309 e. The van der Waals surface area contributed by atoms with Gasteiger partial charge in [0.1, 0.15) is 4.34 Å². The van der Waals surface area contributed by atoms with Gasteiger partial charge in [-0.2, -0.15) is 0 Å². The van der Waals surface area contributed by atoms with E-state index in [9.17, 15) is 0 Å². The van der Waals surface area contributed by atoms with Gasteiger partial charge in [-0.1, -0.05) is 11.6 Å². The number of rotatable bonds is 3. The highest BCUT2D eigenvalue weighted by Gasteiger charge is 2.20. The van der Waals surface area contributed by atoms with E-state index < -0.39 is 0 Å². The lowest BCUT2D eigenvalue weighted by Crippen LogP contribution is -2.16. The molecule has 2 heterocycles. The Labute approximate surface area is 138 Å². The van der Waals surface area contributed by atoms with Crippen molar-refractivity contribution in [3.8, 4) is 0 Å². The van der Waals surface area contributed by atoms with E-state index in [2.05, 4.69) is 65.2 Å². The normalized spacial score (nSPS) is 13.0. The summed E-state index contributed by atoms with van der Waals surface area (Å²) in [4.78, 5) is 1.19. The molecule has 2 rings (SSSR count). The Hall–Kier alpha value is 1.09. The molecule has 7 heteroatoms. The molecule has 0 radical (unpaired) electrons. The summed E-state index contributed by atoms with van der Waals surface area (Å²) in [6, 6.07) is 4.34. The average Bonchev–Trinajstić information content (AvgIpc) is 2.74. The van der Waals surface area contributed by atoms with Crippen LogP contribution in [0.15, 0.2) is 24.2 Å². The first kappa shape index (κ1) is 14.5. The standard InChI is InChI=1S/C10H7Br3ClNS2/c1-15-8(4-2-7(12)17-9(4)13)6-3-5(11)10(14)16-6/h2-3,8,15H,1H3. The summed E-state index contributed by atoms with van der Waals surface area (Å²) in [7, 11) is 1.95. The van der Waals surface area contributed by atoms with Crippen LogP contribution in [0.4, 0.5) is 0 Å². The molecular weight excluding hydrogens is 473 g/mol. The van der Waals surface area contributed by atoms with Crippen LogP contribution in [0.5, 0.6) is 0 Å². The fourth-order valence-corrected chi connectivity index (χ4v) is 6.27. The quantitative estimate of drug-likeness (QED) is 0.563. The topological polar surface area (TPSA) is 12.0 Å². The van der Waals surface area contributed by atoms with E-state index in [1.54, 1.807) is 22.7 Å². The summed E-state index contributed by atoms with van der Waals surface area (Å²) in [6.45, 7) is 0. The van der Waals surface area contributed by atoms with Crippen molar-refractivity contribution in [2.45, 2.75) is 6.04 Å². The van der Waals surface area contributed by atoms with Gasteiger partial charge in [0, 0.05) is 14.9 Å². The van der Waals surface area contributed by atoms with Gasteiger partial charge in [-0.05, 0) is 67.0 Å². The molecule has 0 aliphatic carbocycles. The van der Waals surface area contributed by atoms with Gasteiger partial charge < -0.3 is 5.32 Å². The Morgan fingerprint density at radius 3 is 2.35 bits per heavy atom. The van der Waals surface area contributed by atoms with Crippen molar-refractivity contribution < 1.29 is 0 Å². The van der Waals surface area contributed by atoms with E-state index in [1.807, 2.05) is 7.05 Å². The van der Waals surface area contributed by atoms with Crippen LogP contribution < -0.4 is 5.32 Å². The molecule has 0 spiro atoms. The molecule has 0 saturated carbocycles. The van der Waals surface area contributed by atoms with Crippen molar-refractivity contribution >= 4 is 82.1 Å². The van der Waals surface area contributed by atoms with Crippen LogP contribution in [0.25, 0.3) is 0 Å². The maximum atomic E-state index is 6.09. The molecule has 2 aromatic rings. The molecule has 0 aliphatic rings. The zero-order chi connectivity index (χ0) is 12.6. The molecule has 0 aliphatic heterocycles. The first-order valence-corrected chi connectivity index (χ1v) is 8.98. The molecule has 1 nitrogen and oxygen atoms in total. The van der Waals surface area contributed by atoms with Crippen molar-refractivity contribution in [2.24, 2.45) is 0 Å². The molecule has 0 aromatic carbocycles. The molecule has 1 N–H and O–H groups in total. The highest BCUT2D eigenvalue weighted by molar-refractivity contribution is 9.12. The van der Waals surface area contributed by atoms with E-state index >= 15 is 0 Å². The molecule has 0 bridgehead atoms. The summed E-state index contributed by atoms with van der Waals surface area (Å²) in [5.74, 6) is 0. The van der Waals surface area contributed by atoms with Crippen molar-refractivity contribution in [2.75, 3.05) is 7.05 Å². The molecule has 2 aromatic heterocycles. The van der Waals surface area contributed by atoms with Crippen LogP contribution in [0.2, 0.25) is 4.34 Å². The van der Waals surface area contributed by atoms with Crippen molar-refractivity contribution in [1.82, 2.24) is 5.32 Å². The van der Waals surface area contributed by atoms with Gasteiger partial charge in [0.25, 0.3) is 0 Å². The summed E-state index contributed by atoms with van der Waals surface area (Å²) in [5.41, 5.74) is 1.22. The molecule has 0 saturated heterocycles. The van der Waals surface area contributed by atoms with Gasteiger partial charge in [0.2, 0.25) is 0 Å². The van der Waals surface area contributed by atoms with E-state index in [1.165, 1.54) is 10.4 Å². The minimum Gasteiger partial charge on any atom is -0.309 e. The Morgan fingerprint density at radius 1 is 1.24 bits per heavy atom. The zero-order valence-corrected chi connectivity index (χ0v) is 15.7. The third kappa shape index (κ3) is 3.16. The van der Waals surface area contributed by atoms with Crippen LogP contribution >= 0.6 is 82.1 Å². The van der Waals surface area contributed by atoms with E-state index in [-0.39, 0.29) is 6.04 Å². The molecule has 1 unspecified atom stereocenters. The zero-order valence-electron chi connectivity index (χ0n) is 8.56. The molecule has 92 valence electrons. The van der Waals surface area contributed by atoms with Crippen LogP contribution in [0, 0.1) is 0 Å². The SMILES string of the molecule is CNC(c1cc(Br)c(Cl)s1)c1cc(Br)sc1Br. The molecule has 17 heavy (non-hydrogen) atoms. The lowest BCUT2D eigenvalue weighted by Gasteiger charge is -2.13. The van der Waals surface area contributed by atoms with Gasteiger partial charge in [-0.15, -0.1) is 22.7 Å². The maximum absolute atomic E-state index is 6.09. The van der Waals surface area contributed by atoms with Crippen LogP contribution in [0.1, 0.15) is 16.5 Å². The Balaban J connectivity index is 2.43.